The number of rotatable bonds is 4. The first-order valence-electron chi connectivity index (χ1n) is 5.21. The molecular weight excluding hydrogens is 227 g/mol. The van der Waals surface area contributed by atoms with Crippen molar-refractivity contribution < 1.29 is 19.1 Å². The fourth-order valence-electron chi connectivity index (χ4n) is 1.59. The zero-order valence-corrected chi connectivity index (χ0v) is 8.97. The van der Waals surface area contributed by atoms with Gasteiger partial charge in [0, 0.05) is 12.2 Å². The summed E-state index contributed by atoms with van der Waals surface area (Å²) >= 11 is 0. The fourth-order valence-corrected chi connectivity index (χ4v) is 1.59. The van der Waals surface area contributed by atoms with Crippen molar-refractivity contribution in [3.8, 4) is 0 Å². The van der Waals surface area contributed by atoms with E-state index in [9.17, 15) is 14.0 Å². The Kier molecular flexibility index (Phi) is 3.03. The molecule has 0 saturated heterocycles. The van der Waals surface area contributed by atoms with Crippen LogP contribution in [0.1, 0.15) is 23.2 Å². The standard InChI is InChI=1S/C11H11FN2O3/c12-8-3-7(4-13-5-8)11(17)14(6-10(15)16)9-1-2-9/h3-5,9H,1-2,6H2,(H,15,16). The first-order chi connectivity index (χ1) is 8.08. The Balaban J connectivity index is 2.18. The second-order valence-corrected chi connectivity index (χ2v) is 3.95. The Labute approximate surface area is 96.9 Å². The Bertz CT molecular complexity index is 460. The molecule has 1 amide bonds. The van der Waals surface area contributed by atoms with Crippen molar-refractivity contribution in [1.82, 2.24) is 9.88 Å². The second kappa shape index (κ2) is 4.48. The van der Waals surface area contributed by atoms with Crippen LogP contribution in [0.15, 0.2) is 18.5 Å². The minimum atomic E-state index is -1.07. The molecule has 1 aliphatic rings. The van der Waals surface area contributed by atoms with Crippen molar-refractivity contribution in [2.24, 2.45) is 0 Å². The van der Waals surface area contributed by atoms with E-state index in [1.54, 1.807) is 0 Å². The van der Waals surface area contributed by atoms with Gasteiger partial charge in [-0.3, -0.25) is 14.6 Å². The van der Waals surface area contributed by atoms with E-state index in [2.05, 4.69) is 4.98 Å². The molecule has 1 aromatic heterocycles. The first-order valence-corrected chi connectivity index (χ1v) is 5.21. The van der Waals surface area contributed by atoms with Gasteiger partial charge in [-0.2, -0.15) is 0 Å². The van der Waals surface area contributed by atoms with Crippen LogP contribution in [-0.2, 0) is 4.79 Å². The van der Waals surface area contributed by atoms with Gasteiger partial charge in [0.15, 0.2) is 0 Å². The molecule has 0 spiro atoms. The molecule has 1 heterocycles. The van der Waals surface area contributed by atoms with Gasteiger partial charge in [0.25, 0.3) is 5.91 Å². The summed E-state index contributed by atoms with van der Waals surface area (Å²) in [6.45, 7) is -0.361. The molecular formula is C11H11FN2O3. The highest BCUT2D eigenvalue weighted by Crippen LogP contribution is 2.27. The number of halogens is 1. The first kappa shape index (κ1) is 11.5. The predicted molar refractivity (Wildman–Crippen MR) is 55.9 cm³/mol. The predicted octanol–water partition coefficient (Wildman–Crippen LogP) is 0.910. The van der Waals surface area contributed by atoms with E-state index in [0.29, 0.717) is 0 Å². The highest BCUT2D eigenvalue weighted by molar-refractivity contribution is 5.96. The molecule has 0 atom stereocenters. The van der Waals surface area contributed by atoms with Gasteiger partial charge in [-0.05, 0) is 18.9 Å². The highest BCUT2D eigenvalue weighted by atomic mass is 19.1. The van der Waals surface area contributed by atoms with E-state index in [-0.39, 0.29) is 18.2 Å². The lowest BCUT2D eigenvalue weighted by atomic mass is 10.2. The van der Waals surface area contributed by atoms with Crippen LogP contribution in [0.4, 0.5) is 4.39 Å². The number of carbonyl (C=O) groups is 2. The fraction of sp³-hybridized carbons (Fsp3) is 0.364. The molecule has 5 nitrogen and oxygen atoms in total. The molecule has 0 bridgehead atoms. The van der Waals surface area contributed by atoms with Gasteiger partial charge >= 0.3 is 5.97 Å². The largest absolute Gasteiger partial charge is 0.480 e. The molecule has 1 aliphatic carbocycles. The number of aromatic nitrogens is 1. The van der Waals surface area contributed by atoms with Crippen LogP contribution in [0.3, 0.4) is 0 Å². The number of carboxylic acids is 1. The number of aliphatic carboxylic acids is 1. The van der Waals surface area contributed by atoms with E-state index in [0.717, 1.165) is 25.1 Å². The van der Waals surface area contributed by atoms with Crippen molar-refractivity contribution in [2.45, 2.75) is 18.9 Å². The quantitative estimate of drug-likeness (QED) is 0.846. The third kappa shape index (κ3) is 2.77. The second-order valence-electron chi connectivity index (χ2n) is 3.95. The molecule has 1 fully saturated rings. The van der Waals surface area contributed by atoms with Gasteiger partial charge in [0.1, 0.15) is 12.4 Å². The van der Waals surface area contributed by atoms with E-state index in [1.165, 1.54) is 11.1 Å². The van der Waals surface area contributed by atoms with E-state index in [1.807, 2.05) is 0 Å². The molecule has 0 aliphatic heterocycles. The summed E-state index contributed by atoms with van der Waals surface area (Å²) in [4.78, 5) is 27.5. The van der Waals surface area contributed by atoms with Crippen LogP contribution < -0.4 is 0 Å². The summed E-state index contributed by atoms with van der Waals surface area (Å²) in [5.41, 5.74) is 0.0816. The zero-order chi connectivity index (χ0) is 12.4. The van der Waals surface area contributed by atoms with E-state index >= 15 is 0 Å². The lowest BCUT2D eigenvalue weighted by Crippen LogP contribution is -2.37. The highest BCUT2D eigenvalue weighted by Gasteiger charge is 2.34. The molecule has 0 aromatic carbocycles. The number of pyridine rings is 1. The lowest BCUT2D eigenvalue weighted by molar-refractivity contribution is -0.137. The van der Waals surface area contributed by atoms with Crippen LogP contribution in [0.2, 0.25) is 0 Å². The maximum absolute atomic E-state index is 12.9. The number of amides is 1. The summed E-state index contributed by atoms with van der Waals surface area (Å²) < 4.78 is 12.9. The van der Waals surface area contributed by atoms with Crippen LogP contribution >= 0.6 is 0 Å². The molecule has 1 N–H and O–H groups in total. The van der Waals surface area contributed by atoms with Crippen LogP contribution in [0.25, 0.3) is 0 Å². The lowest BCUT2D eigenvalue weighted by Gasteiger charge is -2.19. The van der Waals surface area contributed by atoms with Crippen LogP contribution in [-0.4, -0.2) is 39.5 Å². The van der Waals surface area contributed by atoms with Gasteiger partial charge in [-0.15, -0.1) is 0 Å². The summed E-state index contributed by atoms with van der Waals surface area (Å²) in [5.74, 6) is -2.17. The van der Waals surface area contributed by atoms with Crippen molar-refractivity contribution in [1.29, 1.82) is 0 Å². The van der Waals surface area contributed by atoms with Gasteiger partial charge in [-0.25, -0.2) is 4.39 Å². The SMILES string of the molecule is O=C(O)CN(C(=O)c1cncc(F)c1)C1CC1. The molecule has 90 valence electrons. The molecule has 0 unspecified atom stereocenters. The molecule has 2 rings (SSSR count). The van der Waals surface area contributed by atoms with Gasteiger partial charge < -0.3 is 10.0 Å². The van der Waals surface area contributed by atoms with E-state index in [4.69, 9.17) is 5.11 Å². The third-order valence-corrected chi connectivity index (χ3v) is 2.51. The number of carboxylic acid groups (broad SMARTS) is 1. The average molecular weight is 238 g/mol. The molecule has 0 radical (unpaired) electrons. The Morgan fingerprint density at radius 1 is 1.47 bits per heavy atom. The topological polar surface area (TPSA) is 70.5 Å². The van der Waals surface area contributed by atoms with Crippen molar-refractivity contribution >= 4 is 11.9 Å². The molecule has 17 heavy (non-hydrogen) atoms. The smallest absolute Gasteiger partial charge is 0.323 e. The summed E-state index contributed by atoms with van der Waals surface area (Å²) in [6.07, 6.45) is 3.82. The van der Waals surface area contributed by atoms with Crippen molar-refractivity contribution in [3.63, 3.8) is 0 Å². The maximum atomic E-state index is 12.9. The van der Waals surface area contributed by atoms with Crippen LogP contribution in [0.5, 0.6) is 0 Å². The third-order valence-electron chi connectivity index (χ3n) is 2.51. The van der Waals surface area contributed by atoms with E-state index < -0.39 is 17.7 Å². The number of nitrogens with zero attached hydrogens (tertiary/aromatic N) is 2. The normalized spacial score (nSPS) is 14.4. The average Bonchev–Trinajstić information content (AvgIpc) is 3.08. The number of carbonyl (C=O) groups excluding carboxylic acids is 1. The number of hydrogen-bond donors (Lipinski definition) is 1. The minimum Gasteiger partial charge on any atom is -0.480 e. The van der Waals surface area contributed by atoms with Crippen LogP contribution in [0, 0.1) is 5.82 Å². The molecule has 1 saturated carbocycles. The Morgan fingerprint density at radius 3 is 2.71 bits per heavy atom. The monoisotopic (exact) mass is 238 g/mol. The Hall–Kier alpha value is -1.98. The molecule has 1 aromatic rings. The summed E-state index contributed by atoms with van der Waals surface area (Å²) in [6, 6.07) is 1.02. The van der Waals surface area contributed by atoms with Gasteiger partial charge in [0.05, 0.1) is 11.8 Å². The van der Waals surface area contributed by atoms with Gasteiger partial charge in [0.2, 0.25) is 0 Å². The number of hydrogen-bond acceptors (Lipinski definition) is 3. The zero-order valence-electron chi connectivity index (χ0n) is 8.97. The minimum absolute atomic E-state index is 0.0399. The molecule has 6 heteroatoms. The van der Waals surface area contributed by atoms with Gasteiger partial charge in [-0.1, -0.05) is 0 Å². The summed E-state index contributed by atoms with van der Waals surface area (Å²) in [5, 5.41) is 8.73. The Morgan fingerprint density at radius 2 is 2.18 bits per heavy atom. The van der Waals surface area contributed by atoms with Crippen molar-refractivity contribution in [2.75, 3.05) is 6.54 Å². The summed E-state index contributed by atoms with van der Waals surface area (Å²) in [7, 11) is 0. The van der Waals surface area contributed by atoms with Crippen molar-refractivity contribution in [3.05, 3.63) is 29.8 Å². The maximum Gasteiger partial charge on any atom is 0.323 e.